The van der Waals surface area contributed by atoms with Crippen molar-refractivity contribution in [3.05, 3.63) is 11.8 Å². The van der Waals surface area contributed by atoms with Crippen molar-refractivity contribution in [3.8, 4) is 0 Å². The van der Waals surface area contributed by atoms with Gasteiger partial charge in [-0.2, -0.15) is 0 Å². The first-order chi connectivity index (χ1) is 5.74. The molecule has 0 aliphatic heterocycles. The molecule has 0 bridgehead atoms. The van der Waals surface area contributed by atoms with Crippen molar-refractivity contribution in [1.29, 1.82) is 0 Å². The summed E-state index contributed by atoms with van der Waals surface area (Å²) in [4.78, 5) is 0. The van der Waals surface area contributed by atoms with Gasteiger partial charge in [0.05, 0.1) is 6.61 Å². The maximum absolute atomic E-state index is 5.34. The zero-order valence-electron chi connectivity index (χ0n) is 7.70. The second kappa shape index (κ2) is 4.21. The van der Waals surface area contributed by atoms with E-state index in [4.69, 9.17) is 9.15 Å². The molecule has 1 aromatic rings. The summed E-state index contributed by atoms with van der Waals surface area (Å²) in [7, 11) is 1.65. The summed E-state index contributed by atoms with van der Waals surface area (Å²) in [6, 6.07) is 0. The Bertz CT molecular complexity index is 233. The van der Waals surface area contributed by atoms with Crippen LogP contribution < -0.4 is 0 Å². The van der Waals surface area contributed by atoms with E-state index in [-0.39, 0.29) is 0 Å². The van der Waals surface area contributed by atoms with E-state index in [1.165, 1.54) is 0 Å². The Balaban J connectivity index is 2.52. The SMILES string of the molecule is COCCc1nnc(C(C)C)o1. The van der Waals surface area contributed by atoms with Crippen LogP contribution in [0.15, 0.2) is 4.42 Å². The Hall–Kier alpha value is -0.900. The minimum atomic E-state index is 0.300. The van der Waals surface area contributed by atoms with Crippen LogP contribution in [0, 0.1) is 0 Å². The molecule has 0 fully saturated rings. The highest BCUT2D eigenvalue weighted by Gasteiger charge is 2.08. The molecule has 0 radical (unpaired) electrons. The van der Waals surface area contributed by atoms with Crippen molar-refractivity contribution in [2.45, 2.75) is 26.2 Å². The predicted molar refractivity (Wildman–Crippen MR) is 44.0 cm³/mol. The van der Waals surface area contributed by atoms with Crippen LogP contribution in [0.1, 0.15) is 31.5 Å². The average Bonchev–Trinajstić information content (AvgIpc) is 2.48. The van der Waals surface area contributed by atoms with Crippen LogP contribution in [0.25, 0.3) is 0 Å². The Morgan fingerprint density at radius 3 is 2.67 bits per heavy atom. The Labute approximate surface area is 71.9 Å². The number of hydrogen-bond donors (Lipinski definition) is 0. The van der Waals surface area contributed by atoms with E-state index in [1.807, 2.05) is 13.8 Å². The molecule has 0 aromatic carbocycles. The summed E-state index contributed by atoms with van der Waals surface area (Å²) in [5.41, 5.74) is 0. The summed E-state index contributed by atoms with van der Waals surface area (Å²) in [5.74, 6) is 1.65. The molecular weight excluding hydrogens is 156 g/mol. The van der Waals surface area contributed by atoms with Crippen LogP contribution in [-0.4, -0.2) is 23.9 Å². The van der Waals surface area contributed by atoms with Gasteiger partial charge in [-0.15, -0.1) is 10.2 Å². The predicted octanol–water partition coefficient (Wildman–Crippen LogP) is 1.38. The fraction of sp³-hybridized carbons (Fsp3) is 0.750. The lowest BCUT2D eigenvalue weighted by atomic mass is 10.2. The van der Waals surface area contributed by atoms with E-state index in [0.29, 0.717) is 30.7 Å². The van der Waals surface area contributed by atoms with Crippen LogP contribution >= 0.6 is 0 Å². The van der Waals surface area contributed by atoms with Crippen LogP contribution in [0.5, 0.6) is 0 Å². The van der Waals surface area contributed by atoms with Crippen LogP contribution in [0.4, 0.5) is 0 Å². The maximum atomic E-state index is 5.34. The van der Waals surface area contributed by atoms with Crippen LogP contribution in [0.3, 0.4) is 0 Å². The highest BCUT2D eigenvalue weighted by Crippen LogP contribution is 2.11. The summed E-state index contributed by atoms with van der Waals surface area (Å²) >= 11 is 0. The third kappa shape index (κ3) is 2.30. The fourth-order valence-corrected chi connectivity index (χ4v) is 0.790. The highest BCUT2D eigenvalue weighted by molar-refractivity contribution is 4.86. The van der Waals surface area contributed by atoms with Crippen molar-refractivity contribution < 1.29 is 9.15 Å². The van der Waals surface area contributed by atoms with Gasteiger partial charge in [0.1, 0.15) is 0 Å². The topological polar surface area (TPSA) is 48.2 Å². The Morgan fingerprint density at radius 2 is 2.17 bits per heavy atom. The van der Waals surface area contributed by atoms with E-state index < -0.39 is 0 Å². The van der Waals surface area contributed by atoms with Crippen molar-refractivity contribution >= 4 is 0 Å². The first-order valence-electron chi connectivity index (χ1n) is 4.05. The molecule has 1 heterocycles. The number of ether oxygens (including phenoxy) is 1. The lowest BCUT2D eigenvalue weighted by Crippen LogP contribution is -1.93. The average molecular weight is 170 g/mol. The van der Waals surface area contributed by atoms with Crippen molar-refractivity contribution in [1.82, 2.24) is 10.2 Å². The van der Waals surface area contributed by atoms with E-state index in [0.717, 1.165) is 0 Å². The minimum Gasteiger partial charge on any atom is -0.425 e. The second-order valence-electron chi connectivity index (χ2n) is 2.93. The molecule has 4 heteroatoms. The molecule has 1 aromatic heterocycles. The van der Waals surface area contributed by atoms with Gasteiger partial charge in [0.15, 0.2) is 0 Å². The molecule has 0 saturated carbocycles. The largest absolute Gasteiger partial charge is 0.425 e. The van der Waals surface area contributed by atoms with Crippen molar-refractivity contribution in [2.75, 3.05) is 13.7 Å². The van der Waals surface area contributed by atoms with E-state index in [9.17, 15) is 0 Å². The molecule has 0 amide bonds. The molecule has 0 N–H and O–H groups in total. The van der Waals surface area contributed by atoms with Crippen molar-refractivity contribution in [3.63, 3.8) is 0 Å². The molecule has 1 rings (SSSR count). The molecule has 0 unspecified atom stereocenters. The number of aromatic nitrogens is 2. The zero-order chi connectivity index (χ0) is 8.97. The minimum absolute atomic E-state index is 0.300. The molecular formula is C8H14N2O2. The number of hydrogen-bond acceptors (Lipinski definition) is 4. The van der Waals surface area contributed by atoms with Crippen LogP contribution in [0.2, 0.25) is 0 Å². The number of nitrogens with zero attached hydrogens (tertiary/aromatic N) is 2. The van der Waals surface area contributed by atoms with Gasteiger partial charge in [-0.25, -0.2) is 0 Å². The van der Waals surface area contributed by atoms with Crippen LogP contribution in [-0.2, 0) is 11.2 Å². The van der Waals surface area contributed by atoms with Gasteiger partial charge in [-0.05, 0) is 0 Å². The van der Waals surface area contributed by atoms with Crippen molar-refractivity contribution in [2.24, 2.45) is 0 Å². The first-order valence-corrected chi connectivity index (χ1v) is 4.05. The van der Waals surface area contributed by atoms with E-state index in [2.05, 4.69) is 10.2 Å². The lowest BCUT2D eigenvalue weighted by Gasteiger charge is -1.94. The highest BCUT2D eigenvalue weighted by atomic mass is 16.5. The fourth-order valence-electron chi connectivity index (χ4n) is 0.790. The van der Waals surface area contributed by atoms with Gasteiger partial charge >= 0.3 is 0 Å². The number of methoxy groups -OCH3 is 1. The summed E-state index contributed by atoms with van der Waals surface area (Å²) in [5, 5.41) is 7.77. The standard InChI is InChI=1S/C8H14N2O2/c1-6(2)8-10-9-7(12-8)4-5-11-3/h6H,4-5H2,1-3H3. The third-order valence-corrected chi connectivity index (χ3v) is 1.50. The molecule has 4 nitrogen and oxygen atoms in total. The third-order valence-electron chi connectivity index (χ3n) is 1.50. The summed E-state index contributed by atoms with van der Waals surface area (Å²) < 4.78 is 10.2. The summed E-state index contributed by atoms with van der Waals surface area (Å²) in [6.07, 6.45) is 0.691. The van der Waals surface area contributed by atoms with Gasteiger partial charge in [-0.1, -0.05) is 13.8 Å². The first kappa shape index (κ1) is 9.19. The summed E-state index contributed by atoms with van der Waals surface area (Å²) in [6.45, 7) is 4.67. The van der Waals surface area contributed by atoms with Gasteiger partial charge in [0.2, 0.25) is 11.8 Å². The molecule has 0 spiro atoms. The maximum Gasteiger partial charge on any atom is 0.219 e. The Morgan fingerprint density at radius 1 is 1.42 bits per heavy atom. The lowest BCUT2D eigenvalue weighted by molar-refractivity contribution is 0.194. The van der Waals surface area contributed by atoms with Gasteiger partial charge in [0, 0.05) is 19.4 Å². The second-order valence-corrected chi connectivity index (χ2v) is 2.93. The zero-order valence-corrected chi connectivity index (χ0v) is 7.70. The van der Waals surface area contributed by atoms with Gasteiger partial charge in [-0.3, -0.25) is 0 Å². The normalized spacial score (nSPS) is 11.0. The Kier molecular flexibility index (Phi) is 3.22. The smallest absolute Gasteiger partial charge is 0.219 e. The monoisotopic (exact) mass is 170 g/mol. The van der Waals surface area contributed by atoms with Gasteiger partial charge in [0.25, 0.3) is 0 Å². The van der Waals surface area contributed by atoms with Gasteiger partial charge < -0.3 is 9.15 Å². The molecule has 68 valence electrons. The molecule has 12 heavy (non-hydrogen) atoms. The van der Waals surface area contributed by atoms with E-state index in [1.54, 1.807) is 7.11 Å². The quantitative estimate of drug-likeness (QED) is 0.685. The molecule has 0 aliphatic rings. The van der Waals surface area contributed by atoms with E-state index >= 15 is 0 Å². The number of rotatable bonds is 4. The molecule has 0 saturated heterocycles. The molecule has 0 atom stereocenters. The molecule has 0 aliphatic carbocycles.